The average molecular weight is 271 g/mol. The Kier molecular flexibility index (Phi) is 5.85. The van der Waals surface area contributed by atoms with E-state index < -0.39 is 0 Å². The van der Waals surface area contributed by atoms with E-state index in [-0.39, 0.29) is 5.91 Å². The van der Waals surface area contributed by atoms with Gasteiger partial charge in [-0.3, -0.25) is 4.79 Å². The third-order valence-electron chi connectivity index (χ3n) is 3.89. The number of nitrogens with one attached hydrogen (secondary N) is 1. The van der Waals surface area contributed by atoms with E-state index in [1.807, 2.05) is 12.1 Å². The van der Waals surface area contributed by atoms with Crippen molar-refractivity contribution in [2.75, 3.05) is 6.54 Å². The summed E-state index contributed by atoms with van der Waals surface area (Å²) in [6.45, 7) is 2.83. The molecular weight excluding hydrogens is 246 g/mol. The summed E-state index contributed by atoms with van der Waals surface area (Å²) >= 11 is 0. The second-order valence-corrected chi connectivity index (χ2v) is 5.72. The highest BCUT2D eigenvalue weighted by atomic mass is 16.1. The topological polar surface area (TPSA) is 29.1 Å². The molecule has 2 heteroatoms. The molecule has 0 radical (unpaired) electrons. The van der Waals surface area contributed by atoms with Crippen molar-refractivity contribution in [3.63, 3.8) is 0 Å². The maximum Gasteiger partial charge on any atom is 0.224 e. The molecule has 2 rings (SSSR count). The molecule has 20 heavy (non-hydrogen) atoms. The zero-order valence-corrected chi connectivity index (χ0v) is 12.5. The Morgan fingerprint density at radius 1 is 1.15 bits per heavy atom. The van der Waals surface area contributed by atoms with Gasteiger partial charge in [-0.15, -0.1) is 0 Å². The zero-order chi connectivity index (χ0) is 14.2. The molecule has 1 amide bonds. The van der Waals surface area contributed by atoms with Crippen LogP contribution in [0.5, 0.6) is 0 Å². The van der Waals surface area contributed by atoms with E-state index in [1.165, 1.54) is 43.2 Å². The molecule has 1 aromatic carbocycles. The van der Waals surface area contributed by atoms with Crippen LogP contribution in [-0.4, -0.2) is 12.5 Å². The minimum atomic E-state index is 0.128. The fraction of sp³-hybridized carbons (Fsp3) is 0.500. The zero-order valence-electron chi connectivity index (χ0n) is 12.5. The summed E-state index contributed by atoms with van der Waals surface area (Å²) in [6, 6.07) is 8.17. The Labute approximate surface area is 122 Å². The third kappa shape index (κ3) is 5.20. The number of aryl methyl sites for hydroxylation is 1. The van der Waals surface area contributed by atoms with Gasteiger partial charge in [0.1, 0.15) is 0 Å². The molecule has 1 N–H and O–H groups in total. The van der Waals surface area contributed by atoms with E-state index in [4.69, 9.17) is 0 Å². The molecule has 0 saturated heterocycles. The first-order valence-corrected chi connectivity index (χ1v) is 7.74. The third-order valence-corrected chi connectivity index (χ3v) is 3.89. The summed E-state index contributed by atoms with van der Waals surface area (Å²) < 4.78 is 0. The van der Waals surface area contributed by atoms with Gasteiger partial charge in [-0.1, -0.05) is 47.9 Å². The molecule has 0 aliphatic heterocycles. The number of rotatable bonds is 5. The summed E-state index contributed by atoms with van der Waals surface area (Å²) in [5, 5.41) is 3.03. The van der Waals surface area contributed by atoms with Crippen molar-refractivity contribution in [1.82, 2.24) is 5.32 Å². The van der Waals surface area contributed by atoms with Crippen molar-refractivity contribution < 1.29 is 4.79 Å². The summed E-state index contributed by atoms with van der Waals surface area (Å²) in [4.78, 5) is 11.9. The van der Waals surface area contributed by atoms with Gasteiger partial charge in [0.05, 0.1) is 6.42 Å². The van der Waals surface area contributed by atoms with Gasteiger partial charge < -0.3 is 5.32 Å². The van der Waals surface area contributed by atoms with Gasteiger partial charge in [0.2, 0.25) is 5.91 Å². The highest BCUT2D eigenvalue weighted by Gasteiger charge is 2.05. The summed E-state index contributed by atoms with van der Waals surface area (Å²) in [6.07, 6.45) is 10.3. The largest absolute Gasteiger partial charge is 0.355 e. The van der Waals surface area contributed by atoms with Gasteiger partial charge in [-0.2, -0.15) is 0 Å². The van der Waals surface area contributed by atoms with Crippen LogP contribution in [0.15, 0.2) is 35.9 Å². The molecule has 0 heterocycles. The fourth-order valence-electron chi connectivity index (χ4n) is 2.62. The number of carbonyl (C=O) groups is 1. The quantitative estimate of drug-likeness (QED) is 0.808. The molecule has 0 unspecified atom stereocenters. The molecular formula is C18H25NO. The SMILES string of the molecule is Cc1ccc(CC(=O)NCCC2=CCCCCC2)cc1. The maximum absolute atomic E-state index is 11.9. The number of benzene rings is 1. The monoisotopic (exact) mass is 271 g/mol. The van der Waals surface area contributed by atoms with Crippen LogP contribution < -0.4 is 5.32 Å². The Hall–Kier alpha value is -1.57. The van der Waals surface area contributed by atoms with Gasteiger partial charge in [-0.25, -0.2) is 0 Å². The smallest absolute Gasteiger partial charge is 0.224 e. The van der Waals surface area contributed by atoms with E-state index in [1.54, 1.807) is 0 Å². The summed E-state index contributed by atoms with van der Waals surface area (Å²) in [7, 11) is 0. The lowest BCUT2D eigenvalue weighted by atomic mass is 10.1. The molecule has 1 aromatic rings. The first kappa shape index (κ1) is 14.8. The van der Waals surface area contributed by atoms with Crippen molar-refractivity contribution in [2.45, 2.75) is 51.9 Å². The Morgan fingerprint density at radius 2 is 1.95 bits per heavy atom. The molecule has 1 aliphatic rings. The van der Waals surface area contributed by atoms with Crippen molar-refractivity contribution in [2.24, 2.45) is 0 Å². The molecule has 0 fully saturated rings. The van der Waals surface area contributed by atoms with Crippen LogP contribution in [0, 0.1) is 6.92 Å². The van der Waals surface area contributed by atoms with E-state index in [0.717, 1.165) is 18.5 Å². The van der Waals surface area contributed by atoms with Crippen LogP contribution >= 0.6 is 0 Å². The first-order valence-electron chi connectivity index (χ1n) is 7.74. The number of allylic oxidation sites excluding steroid dienone is 1. The highest BCUT2D eigenvalue weighted by Crippen LogP contribution is 2.19. The predicted octanol–water partition coefficient (Wildman–Crippen LogP) is 3.93. The molecule has 2 nitrogen and oxygen atoms in total. The van der Waals surface area contributed by atoms with Crippen LogP contribution in [0.25, 0.3) is 0 Å². The standard InChI is InChI=1S/C18H25NO/c1-15-8-10-17(11-9-15)14-18(20)19-13-12-16-6-4-2-3-5-7-16/h6,8-11H,2-5,7,12-14H2,1H3,(H,19,20). The molecule has 108 valence electrons. The average Bonchev–Trinajstić information content (AvgIpc) is 2.70. The van der Waals surface area contributed by atoms with Crippen LogP contribution in [-0.2, 0) is 11.2 Å². The van der Waals surface area contributed by atoms with E-state index in [0.29, 0.717) is 6.42 Å². The first-order chi connectivity index (χ1) is 9.74. The lowest BCUT2D eigenvalue weighted by Crippen LogP contribution is -2.26. The fourth-order valence-corrected chi connectivity index (χ4v) is 2.62. The molecule has 0 aromatic heterocycles. The minimum absolute atomic E-state index is 0.128. The van der Waals surface area contributed by atoms with Crippen molar-refractivity contribution in [3.05, 3.63) is 47.0 Å². The van der Waals surface area contributed by atoms with Crippen LogP contribution in [0.4, 0.5) is 0 Å². The molecule has 1 aliphatic carbocycles. The van der Waals surface area contributed by atoms with Crippen LogP contribution in [0.2, 0.25) is 0 Å². The van der Waals surface area contributed by atoms with E-state index >= 15 is 0 Å². The second kappa shape index (κ2) is 7.88. The van der Waals surface area contributed by atoms with Gasteiger partial charge in [0, 0.05) is 6.54 Å². The Bertz CT molecular complexity index is 459. The lowest BCUT2D eigenvalue weighted by Gasteiger charge is -2.08. The maximum atomic E-state index is 11.9. The second-order valence-electron chi connectivity index (χ2n) is 5.72. The molecule has 0 spiro atoms. The number of hydrogen-bond donors (Lipinski definition) is 1. The summed E-state index contributed by atoms with van der Waals surface area (Å²) in [5.74, 6) is 0.128. The Balaban J connectivity index is 1.69. The minimum Gasteiger partial charge on any atom is -0.355 e. The lowest BCUT2D eigenvalue weighted by molar-refractivity contribution is -0.120. The van der Waals surface area contributed by atoms with E-state index in [2.05, 4.69) is 30.4 Å². The van der Waals surface area contributed by atoms with Gasteiger partial charge in [-0.05, 0) is 44.6 Å². The number of amides is 1. The van der Waals surface area contributed by atoms with Gasteiger partial charge >= 0.3 is 0 Å². The van der Waals surface area contributed by atoms with Crippen molar-refractivity contribution >= 4 is 5.91 Å². The molecule has 0 atom stereocenters. The van der Waals surface area contributed by atoms with Crippen molar-refractivity contribution in [1.29, 1.82) is 0 Å². The van der Waals surface area contributed by atoms with Crippen LogP contribution in [0.3, 0.4) is 0 Å². The predicted molar refractivity (Wildman–Crippen MR) is 83.7 cm³/mol. The van der Waals surface area contributed by atoms with Crippen molar-refractivity contribution in [3.8, 4) is 0 Å². The summed E-state index contributed by atoms with van der Waals surface area (Å²) in [5.41, 5.74) is 3.84. The number of hydrogen-bond acceptors (Lipinski definition) is 1. The van der Waals surface area contributed by atoms with Gasteiger partial charge in [0.15, 0.2) is 0 Å². The Morgan fingerprint density at radius 3 is 2.75 bits per heavy atom. The van der Waals surface area contributed by atoms with Crippen LogP contribution in [0.1, 0.15) is 49.7 Å². The van der Waals surface area contributed by atoms with Gasteiger partial charge in [0.25, 0.3) is 0 Å². The normalized spacial score (nSPS) is 15.3. The van der Waals surface area contributed by atoms with E-state index in [9.17, 15) is 4.79 Å². The highest BCUT2D eigenvalue weighted by molar-refractivity contribution is 5.78. The molecule has 0 saturated carbocycles. The molecule has 0 bridgehead atoms. The number of carbonyl (C=O) groups excluding carboxylic acids is 1.